The largest absolute Gasteiger partial charge is 0.444 e. The maximum absolute atomic E-state index is 13.0. The molecule has 27 heavy (non-hydrogen) atoms. The third kappa shape index (κ3) is 5.79. The molecule has 3 N–H and O–H groups in total. The fourth-order valence-corrected chi connectivity index (χ4v) is 3.16. The van der Waals surface area contributed by atoms with Crippen molar-refractivity contribution in [3.63, 3.8) is 0 Å². The second-order valence-electron chi connectivity index (χ2n) is 6.81. The zero-order valence-corrected chi connectivity index (χ0v) is 15.6. The van der Waals surface area contributed by atoms with Crippen LogP contribution < -0.4 is 10.6 Å². The van der Waals surface area contributed by atoms with Crippen LogP contribution >= 0.6 is 0 Å². The molecule has 0 radical (unpaired) electrons. The molecule has 146 valence electrons. The van der Waals surface area contributed by atoms with Crippen molar-refractivity contribution in [1.82, 2.24) is 15.6 Å². The lowest BCUT2D eigenvalue weighted by atomic mass is 9.93. The lowest BCUT2D eigenvalue weighted by molar-refractivity contribution is 0.120. The van der Waals surface area contributed by atoms with Gasteiger partial charge >= 0.3 is 0 Å². The van der Waals surface area contributed by atoms with Crippen LogP contribution in [0.4, 0.5) is 4.39 Å². The molecule has 1 saturated carbocycles. The normalized spacial score (nSPS) is 20.5. The van der Waals surface area contributed by atoms with Crippen molar-refractivity contribution in [3.05, 3.63) is 42.0 Å². The molecule has 0 bridgehead atoms. The summed E-state index contributed by atoms with van der Waals surface area (Å²) in [5.74, 6) is 0.997. The standard InChI is InChI=1S/C20H27FN4O2/c1-2-22-20(25-16-7-9-18(26)10-8-16)23-12-11-17-13-27-19(24-17)14-3-5-15(21)6-4-14/h3-6,13,16,18,26H,2,7-12H2,1H3,(H2,22,23,25). The molecule has 1 aliphatic rings. The van der Waals surface area contributed by atoms with Gasteiger partial charge in [0.1, 0.15) is 12.1 Å². The van der Waals surface area contributed by atoms with Gasteiger partial charge in [-0.2, -0.15) is 0 Å². The number of guanidine groups is 1. The summed E-state index contributed by atoms with van der Waals surface area (Å²) in [4.78, 5) is 9.07. The van der Waals surface area contributed by atoms with E-state index >= 15 is 0 Å². The number of hydrogen-bond acceptors (Lipinski definition) is 4. The smallest absolute Gasteiger partial charge is 0.226 e. The van der Waals surface area contributed by atoms with Gasteiger partial charge in [-0.3, -0.25) is 4.99 Å². The highest BCUT2D eigenvalue weighted by atomic mass is 19.1. The lowest BCUT2D eigenvalue weighted by Crippen LogP contribution is -2.45. The average Bonchev–Trinajstić information content (AvgIpc) is 3.13. The Balaban J connectivity index is 1.53. The van der Waals surface area contributed by atoms with E-state index in [4.69, 9.17) is 4.42 Å². The van der Waals surface area contributed by atoms with Gasteiger partial charge < -0.3 is 20.2 Å². The van der Waals surface area contributed by atoms with Gasteiger partial charge in [0.25, 0.3) is 0 Å². The van der Waals surface area contributed by atoms with E-state index in [-0.39, 0.29) is 11.9 Å². The van der Waals surface area contributed by atoms with E-state index in [0.29, 0.717) is 24.9 Å². The molecule has 2 aromatic rings. The number of benzene rings is 1. The number of nitrogens with zero attached hydrogens (tertiary/aromatic N) is 2. The van der Waals surface area contributed by atoms with Gasteiger partial charge in [0, 0.05) is 31.1 Å². The summed E-state index contributed by atoms with van der Waals surface area (Å²) in [6.07, 6.45) is 5.70. The predicted octanol–water partition coefficient (Wildman–Crippen LogP) is 2.88. The fraction of sp³-hybridized carbons (Fsp3) is 0.500. The molecule has 0 atom stereocenters. The monoisotopic (exact) mass is 374 g/mol. The SMILES string of the molecule is CCNC(=NCCc1coc(-c2ccc(F)cc2)n1)NC1CCC(O)CC1. The molecule has 3 rings (SSSR count). The van der Waals surface area contributed by atoms with Gasteiger partial charge in [-0.05, 0) is 56.9 Å². The van der Waals surface area contributed by atoms with Crippen LogP contribution in [0.5, 0.6) is 0 Å². The van der Waals surface area contributed by atoms with Gasteiger partial charge in [-0.25, -0.2) is 9.37 Å². The van der Waals surface area contributed by atoms with E-state index in [1.807, 2.05) is 6.92 Å². The van der Waals surface area contributed by atoms with E-state index in [1.54, 1.807) is 18.4 Å². The van der Waals surface area contributed by atoms with Crippen LogP contribution in [0.1, 0.15) is 38.3 Å². The molecule has 1 heterocycles. The van der Waals surface area contributed by atoms with E-state index in [2.05, 4.69) is 20.6 Å². The highest BCUT2D eigenvalue weighted by molar-refractivity contribution is 5.80. The molecule has 7 heteroatoms. The maximum Gasteiger partial charge on any atom is 0.226 e. The van der Waals surface area contributed by atoms with Crippen molar-refractivity contribution in [2.75, 3.05) is 13.1 Å². The molecular weight excluding hydrogens is 347 g/mol. The van der Waals surface area contributed by atoms with Crippen LogP contribution in [0.15, 0.2) is 39.9 Å². The average molecular weight is 374 g/mol. The van der Waals surface area contributed by atoms with Crippen molar-refractivity contribution in [2.24, 2.45) is 4.99 Å². The zero-order valence-electron chi connectivity index (χ0n) is 15.6. The van der Waals surface area contributed by atoms with Gasteiger partial charge in [0.2, 0.25) is 5.89 Å². The summed E-state index contributed by atoms with van der Waals surface area (Å²) in [6, 6.07) is 6.43. The molecule has 1 fully saturated rings. The number of aromatic nitrogens is 1. The summed E-state index contributed by atoms with van der Waals surface area (Å²) in [5, 5.41) is 16.3. The Kier molecular flexibility index (Phi) is 6.81. The van der Waals surface area contributed by atoms with Crippen molar-refractivity contribution in [3.8, 4) is 11.5 Å². The van der Waals surface area contributed by atoms with Gasteiger partial charge in [0.15, 0.2) is 5.96 Å². The number of oxazole rings is 1. The summed E-state index contributed by atoms with van der Waals surface area (Å²) in [7, 11) is 0. The van der Waals surface area contributed by atoms with Crippen LogP contribution in [-0.2, 0) is 6.42 Å². The van der Waals surface area contributed by atoms with Gasteiger partial charge in [-0.1, -0.05) is 0 Å². The second kappa shape index (κ2) is 9.50. The summed E-state index contributed by atoms with van der Waals surface area (Å²) >= 11 is 0. The molecule has 6 nitrogen and oxygen atoms in total. The first-order valence-corrected chi connectivity index (χ1v) is 9.57. The zero-order chi connectivity index (χ0) is 19.1. The van der Waals surface area contributed by atoms with Crippen LogP contribution in [-0.4, -0.2) is 41.3 Å². The minimum Gasteiger partial charge on any atom is -0.444 e. The summed E-state index contributed by atoms with van der Waals surface area (Å²) in [5.41, 5.74) is 1.57. The number of aliphatic hydroxyl groups is 1. The molecule has 1 aromatic heterocycles. The highest BCUT2D eigenvalue weighted by Crippen LogP contribution is 2.19. The Labute approximate surface area is 158 Å². The topological polar surface area (TPSA) is 82.7 Å². The number of halogens is 1. The molecule has 0 unspecified atom stereocenters. The number of hydrogen-bond donors (Lipinski definition) is 3. The number of aliphatic imine (C=N–C) groups is 1. The maximum atomic E-state index is 13.0. The van der Waals surface area contributed by atoms with E-state index in [0.717, 1.165) is 49.4 Å². The number of nitrogens with one attached hydrogen (secondary N) is 2. The van der Waals surface area contributed by atoms with E-state index in [1.165, 1.54) is 12.1 Å². The molecule has 0 spiro atoms. The Hall–Kier alpha value is -2.41. The second-order valence-corrected chi connectivity index (χ2v) is 6.81. The number of aliphatic hydroxyl groups excluding tert-OH is 1. The van der Waals surface area contributed by atoms with Crippen LogP contribution in [0, 0.1) is 5.82 Å². The summed E-state index contributed by atoms with van der Waals surface area (Å²) < 4.78 is 18.5. The Morgan fingerprint density at radius 2 is 2.00 bits per heavy atom. The van der Waals surface area contributed by atoms with Gasteiger partial charge in [0.05, 0.1) is 11.8 Å². The summed E-state index contributed by atoms with van der Waals surface area (Å²) in [6.45, 7) is 3.41. The third-order valence-electron chi connectivity index (χ3n) is 4.66. The molecule has 1 aromatic carbocycles. The van der Waals surface area contributed by atoms with Crippen molar-refractivity contribution in [2.45, 2.75) is 51.2 Å². The highest BCUT2D eigenvalue weighted by Gasteiger charge is 2.19. The first-order valence-electron chi connectivity index (χ1n) is 9.57. The first-order chi connectivity index (χ1) is 13.1. The minimum atomic E-state index is -0.282. The molecule has 0 amide bonds. The van der Waals surface area contributed by atoms with Crippen LogP contribution in [0.25, 0.3) is 11.5 Å². The molecule has 1 aliphatic carbocycles. The molecule has 0 saturated heterocycles. The fourth-order valence-electron chi connectivity index (χ4n) is 3.16. The number of rotatable bonds is 6. The Bertz CT molecular complexity index is 737. The van der Waals surface area contributed by atoms with E-state index in [9.17, 15) is 9.50 Å². The molecule has 0 aliphatic heterocycles. The predicted molar refractivity (Wildman–Crippen MR) is 103 cm³/mol. The van der Waals surface area contributed by atoms with Crippen LogP contribution in [0.2, 0.25) is 0 Å². The van der Waals surface area contributed by atoms with Crippen molar-refractivity contribution < 1.29 is 13.9 Å². The minimum absolute atomic E-state index is 0.162. The van der Waals surface area contributed by atoms with Crippen molar-refractivity contribution in [1.29, 1.82) is 0 Å². The Morgan fingerprint density at radius 3 is 2.70 bits per heavy atom. The van der Waals surface area contributed by atoms with E-state index < -0.39 is 0 Å². The van der Waals surface area contributed by atoms with Crippen LogP contribution in [0.3, 0.4) is 0 Å². The van der Waals surface area contributed by atoms with Gasteiger partial charge in [-0.15, -0.1) is 0 Å². The first kappa shape index (κ1) is 19.4. The molecular formula is C20H27FN4O2. The lowest BCUT2D eigenvalue weighted by Gasteiger charge is -2.27. The quantitative estimate of drug-likeness (QED) is 0.535. The Morgan fingerprint density at radius 1 is 1.26 bits per heavy atom. The van der Waals surface area contributed by atoms with Crippen molar-refractivity contribution >= 4 is 5.96 Å². The third-order valence-corrected chi connectivity index (χ3v) is 4.66.